The smallest absolute Gasteiger partial charge is 0.271 e. The molecule has 23 heavy (non-hydrogen) atoms. The third-order valence-electron chi connectivity index (χ3n) is 3.31. The maximum atomic E-state index is 12.6. The van der Waals surface area contributed by atoms with Crippen LogP contribution in [0.5, 0.6) is 0 Å². The minimum absolute atomic E-state index is 0.176. The van der Waals surface area contributed by atoms with Gasteiger partial charge in [-0.05, 0) is 36.1 Å². The van der Waals surface area contributed by atoms with Crippen LogP contribution in [0.15, 0.2) is 33.9 Å². The number of halogens is 1. The van der Waals surface area contributed by atoms with E-state index in [1.54, 1.807) is 36.6 Å². The van der Waals surface area contributed by atoms with Crippen LogP contribution in [-0.4, -0.2) is 19.3 Å². The van der Waals surface area contributed by atoms with Gasteiger partial charge >= 0.3 is 0 Å². The van der Waals surface area contributed by atoms with Gasteiger partial charge in [0.1, 0.15) is 9.90 Å². The Morgan fingerprint density at radius 2 is 2.09 bits per heavy atom. The molecule has 0 atom stereocenters. The van der Waals surface area contributed by atoms with E-state index in [1.165, 1.54) is 0 Å². The lowest BCUT2D eigenvalue weighted by Gasteiger charge is -2.10. The number of primary amides is 1. The number of aromatic nitrogens is 1. The van der Waals surface area contributed by atoms with Crippen molar-refractivity contribution in [2.24, 2.45) is 5.73 Å². The maximum Gasteiger partial charge on any atom is 0.271 e. The highest BCUT2D eigenvalue weighted by Crippen LogP contribution is 2.34. The molecule has 0 aliphatic rings. The van der Waals surface area contributed by atoms with Crippen molar-refractivity contribution in [2.75, 3.05) is 4.72 Å². The van der Waals surface area contributed by atoms with Gasteiger partial charge in [-0.2, -0.15) is 0 Å². The van der Waals surface area contributed by atoms with E-state index >= 15 is 0 Å². The lowest BCUT2D eigenvalue weighted by atomic mass is 10.2. The SMILES string of the molecule is Cc1ccsc1S(=O)(=O)Nc1c(Cl)ccc2cc(C(N)=O)[nH]c12. The lowest BCUT2D eigenvalue weighted by molar-refractivity contribution is 0.0996. The number of amides is 1. The number of aryl methyl sites for hydroxylation is 1. The van der Waals surface area contributed by atoms with Crippen LogP contribution in [0.2, 0.25) is 5.02 Å². The zero-order chi connectivity index (χ0) is 16.8. The highest BCUT2D eigenvalue weighted by molar-refractivity contribution is 7.94. The summed E-state index contributed by atoms with van der Waals surface area (Å²) in [5.41, 5.74) is 6.67. The fraction of sp³-hybridized carbons (Fsp3) is 0.0714. The average molecular weight is 370 g/mol. The molecule has 1 aromatic carbocycles. The van der Waals surface area contributed by atoms with Gasteiger partial charge in [0.05, 0.1) is 16.2 Å². The monoisotopic (exact) mass is 369 g/mol. The zero-order valence-electron chi connectivity index (χ0n) is 11.9. The fourth-order valence-electron chi connectivity index (χ4n) is 2.22. The summed E-state index contributed by atoms with van der Waals surface area (Å²) < 4.78 is 27.8. The van der Waals surface area contributed by atoms with Crippen molar-refractivity contribution in [3.05, 3.63) is 45.9 Å². The third kappa shape index (κ3) is 2.80. The molecule has 1 amide bonds. The van der Waals surface area contributed by atoms with Crippen molar-refractivity contribution in [1.29, 1.82) is 0 Å². The van der Waals surface area contributed by atoms with Crippen LogP contribution in [0, 0.1) is 6.92 Å². The third-order valence-corrected chi connectivity index (χ3v) is 6.66. The Labute approximate surface area is 141 Å². The first-order valence-corrected chi connectivity index (χ1v) is 9.21. The molecule has 6 nitrogen and oxygen atoms in total. The summed E-state index contributed by atoms with van der Waals surface area (Å²) in [7, 11) is -3.78. The van der Waals surface area contributed by atoms with Crippen molar-refractivity contribution >= 4 is 55.5 Å². The molecular weight excluding hydrogens is 358 g/mol. The summed E-state index contributed by atoms with van der Waals surface area (Å²) in [4.78, 5) is 14.1. The van der Waals surface area contributed by atoms with E-state index in [-0.39, 0.29) is 20.6 Å². The first-order chi connectivity index (χ1) is 10.8. The van der Waals surface area contributed by atoms with Crippen molar-refractivity contribution in [1.82, 2.24) is 4.98 Å². The number of carbonyl (C=O) groups excluding carboxylic acids is 1. The Morgan fingerprint density at radius 1 is 1.35 bits per heavy atom. The molecule has 0 unspecified atom stereocenters. The molecule has 0 radical (unpaired) electrons. The van der Waals surface area contributed by atoms with Crippen LogP contribution in [0.4, 0.5) is 5.69 Å². The van der Waals surface area contributed by atoms with Gasteiger partial charge in [-0.15, -0.1) is 11.3 Å². The summed E-state index contributed by atoms with van der Waals surface area (Å²) in [5.74, 6) is -0.639. The molecule has 3 aromatic rings. The molecule has 0 bridgehead atoms. The number of H-pyrrole nitrogens is 1. The molecule has 3 rings (SSSR count). The number of fused-ring (bicyclic) bond motifs is 1. The van der Waals surface area contributed by atoms with Gasteiger partial charge in [-0.25, -0.2) is 8.42 Å². The second-order valence-electron chi connectivity index (χ2n) is 4.93. The number of rotatable bonds is 4. The topological polar surface area (TPSA) is 105 Å². The predicted molar refractivity (Wildman–Crippen MR) is 91.7 cm³/mol. The van der Waals surface area contributed by atoms with E-state index in [4.69, 9.17) is 17.3 Å². The second-order valence-corrected chi connectivity index (χ2v) is 8.13. The van der Waals surface area contributed by atoms with Gasteiger partial charge in [0.25, 0.3) is 15.9 Å². The van der Waals surface area contributed by atoms with Gasteiger partial charge in [0.15, 0.2) is 0 Å². The minimum Gasteiger partial charge on any atom is -0.364 e. The predicted octanol–water partition coefficient (Wildman–Crippen LogP) is 3.09. The number of hydrogen-bond donors (Lipinski definition) is 3. The normalized spacial score (nSPS) is 11.7. The molecule has 9 heteroatoms. The van der Waals surface area contributed by atoms with E-state index < -0.39 is 15.9 Å². The molecule has 0 saturated carbocycles. The molecule has 120 valence electrons. The number of aromatic amines is 1. The van der Waals surface area contributed by atoms with E-state index in [0.717, 1.165) is 11.3 Å². The summed E-state index contributed by atoms with van der Waals surface area (Å²) >= 11 is 7.26. The van der Waals surface area contributed by atoms with E-state index in [2.05, 4.69) is 9.71 Å². The van der Waals surface area contributed by atoms with Gasteiger partial charge in [-0.1, -0.05) is 17.7 Å². The Kier molecular flexibility index (Phi) is 3.83. The van der Waals surface area contributed by atoms with E-state index in [0.29, 0.717) is 16.5 Å². The first-order valence-electron chi connectivity index (χ1n) is 6.47. The number of nitrogens with one attached hydrogen (secondary N) is 2. The highest BCUT2D eigenvalue weighted by atomic mass is 35.5. The lowest BCUT2D eigenvalue weighted by Crippen LogP contribution is -2.13. The van der Waals surface area contributed by atoms with Crippen LogP contribution in [0.1, 0.15) is 16.1 Å². The number of thiophene rings is 1. The second kappa shape index (κ2) is 5.55. The van der Waals surface area contributed by atoms with Crippen molar-refractivity contribution in [2.45, 2.75) is 11.1 Å². The number of carbonyl (C=O) groups is 1. The highest BCUT2D eigenvalue weighted by Gasteiger charge is 2.22. The van der Waals surface area contributed by atoms with Crippen molar-refractivity contribution < 1.29 is 13.2 Å². The van der Waals surface area contributed by atoms with Crippen molar-refractivity contribution in [3.8, 4) is 0 Å². The Balaban J connectivity index is 2.14. The van der Waals surface area contributed by atoms with E-state index in [9.17, 15) is 13.2 Å². The summed E-state index contributed by atoms with van der Waals surface area (Å²) in [6.07, 6.45) is 0. The van der Waals surface area contributed by atoms with Crippen LogP contribution < -0.4 is 10.5 Å². The Morgan fingerprint density at radius 3 is 2.70 bits per heavy atom. The van der Waals surface area contributed by atoms with Gasteiger partial charge in [0, 0.05) is 5.39 Å². The molecule has 2 aromatic heterocycles. The van der Waals surface area contributed by atoms with Crippen LogP contribution in [0.25, 0.3) is 10.9 Å². The van der Waals surface area contributed by atoms with Gasteiger partial charge in [-0.3, -0.25) is 9.52 Å². The molecule has 0 spiro atoms. The van der Waals surface area contributed by atoms with Gasteiger partial charge in [0.2, 0.25) is 0 Å². The van der Waals surface area contributed by atoms with Crippen LogP contribution in [0.3, 0.4) is 0 Å². The fourth-order valence-corrected chi connectivity index (χ4v) is 5.00. The summed E-state index contributed by atoms with van der Waals surface area (Å²) in [6.45, 7) is 1.72. The van der Waals surface area contributed by atoms with Crippen LogP contribution in [-0.2, 0) is 10.0 Å². The Hall–Kier alpha value is -2.03. The summed E-state index contributed by atoms with van der Waals surface area (Å²) in [6, 6.07) is 6.50. The van der Waals surface area contributed by atoms with Gasteiger partial charge < -0.3 is 10.7 Å². The largest absolute Gasteiger partial charge is 0.364 e. The molecular formula is C14H12ClN3O3S2. The molecule has 0 fully saturated rings. The number of sulfonamides is 1. The summed E-state index contributed by atoms with van der Waals surface area (Å²) in [5, 5.41) is 2.54. The molecule has 0 aliphatic heterocycles. The standard InChI is InChI=1S/C14H12ClN3O3S2/c1-7-4-5-22-14(7)23(20,21)18-12-9(15)3-2-8-6-10(13(16)19)17-11(8)12/h2-6,17-18H,1H3,(H2,16,19). The molecule has 0 aliphatic carbocycles. The first kappa shape index (κ1) is 15.9. The van der Waals surface area contributed by atoms with E-state index in [1.807, 2.05) is 0 Å². The quantitative estimate of drug-likeness (QED) is 0.658. The number of hydrogen-bond acceptors (Lipinski definition) is 4. The number of benzene rings is 1. The number of anilines is 1. The number of nitrogens with two attached hydrogens (primary N) is 1. The van der Waals surface area contributed by atoms with Crippen molar-refractivity contribution in [3.63, 3.8) is 0 Å². The van der Waals surface area contributed by atoms with Crippen LogP contribution >= 0.6 is 22.9 Å². The maximum absolute atomic E-state index is 12.6. The zero-order valence-corrected chi connectivity index (χ0v) is 14.3. The molecule has 4 N–H and O–H groups in total. The minimum atomic E-state index is -3.78. The molecule has 0 saturated heterocycles. The molecule has 2 heterocycles. The Bertz CT molecular complexity index is 1020. The average Bonchev–Trinajstić information content (AvgIpc) is 3.08.